The van der Waals surface area contributed by atoms with Crippen LogP contribution < -0.4 is 0 Å². The van der Waals surface area contributed by atoms with Crippen molar-refractivity contribution in [3.8, 4) is 0 Å². The van der Waals surface area contributed by atoms with Crippen LogP contribution in [0.1, 0.15) is 54.9 Å². The topological polar surface area (TPSA) is 61.5 Å². The Morgan fingerprint density at radius 1 is 1.25 bits per heavy atom. The first kappa shape index (κ1) is 17.4. The molecule has 0 aromatic carbocycles. The molecule has 2 atom stereocenters. The summed E-state index contributed by atoms with van der Waals surface area (Å²) in [5.74, 6) is 0.102. The van der Waals surface area contributed by atoms with E-state index in [4.69, 9.17) is 4.74 Å². The molecule has 1 amide bonds. The van der Waals surface area contributed by atoms with E-state index in [1.165, 1.54) is 12.1 Å². The number of aryl methyl sites for hydroxylation is 1. The largest absolute Gasteiger partial charge is 0.385 e. The summed E-state index contributed by atoms with van der Waals surface area (Å²) >= 11 is 0. The number of methoxy groups -OCH3 is 1. The smallest absolute Gasteiger partial charge is 0.274 e. The molecule has 1 aliphatic carbocycles. The standard InChI is InChI=1S/C18H30N4O2/c1-13-11-21(12-14(2)22(13)9-6-10-24-3)18(23)17-15-7-4-5-8-16(15)19-20-17/h13-14H,4-12H2,1-3H3,(H,19,20). The SMILES string of the molecule is COCCCN1C(C)CN(C(=O)c2n[nH]c3c2CCCC3)CC1C. The maximum Gasteiger partial charge on any atom is 0.274 e. The second kappa shape index (κ2) is 7.66. The highest BCUT2D eigenvalue weighted by atomic mass is 16.5. The van der Waals surface area contributed by atoms with E-state index in [1.54, 1.807) is 7.11 Å². The van der Waals surface area contributed by atoms with Gasteiger partial charge in [0, 0.05) is 56.7 Å². The Kier molecular flexibility index (Phi) is 5.56. The van der Waals surface area contributed by atoms with Gasteiger partial charge in [0.2, 0.25) is 0 Å². The zero-order chi connectivity index (χ0) is 17.1. The number of hydrogen-bond donors (Lipinski definition) is 1. The highest BCUT2D eigenvalue weighted by Gasteiger charge is 2.34. The number of ether oxygens (including phenoxy) is 1. The van der Waals surface area contributed by atoms with Gasteiger partial charge in [0.1, 0.15) is 0 Å². The van der Waals surface area contributed by atoms with Crippen molar-refractivity contribution in [2.45, 2.75) is 58.0 Å². The summed E-state index contributed by atoms with van der Waals surface area (Å²) in [5, 5.41) is 7.45. The second-order valence-corrected chi connectivity index (χ2v) is 7.23. The van der Waals surface area contributed by atoms with Crippen molar-refractivity contribution in [1.82, 2.24) is 20.0 Å². The van der Waals surface area contributed by atoms with E-state index < -0.39 is 0 Å². The molecule has 2 heterocycles. The van der Waals surface area contributed by atoms with Crippen LogP contribution in [0.25, 0.3) is 0 Å². The number of nitrogens with zero attached hydrogens (tertiary/aromatic N) is 3. The molecule has 1 saturated heterocycles. The number of H-pyrrole nitrogens is 1. The lowest BCUT2D eigenvalue weighted by Gasteiger charge is -2.44. The van der Waals surface area contributed by atoms with Gasteiger partial charge in [-0.05, 0) is 46.0 Å². The minimum absolute atomic E-state index is 0.102. The third kappa shape index (κ3) is 3.49. The molecule has 0 bridgehead atoms. The fraction of sp³-hybridized carbons (Fsp3) is 0.778. The molecule has 134 valence electrons. The van der Waals surface area contributed by atoms with Crippen molar-refractivity contribution < 1.29 is 9.53 Å². The number of piperazine rings is 1. The molecule has 1 aliphatic heterocycles. The lowest BCUT2D eigenvalue weighted by Crippen LogP contribution is -2.58. The van der Waals surface area contributed by atoms with Crippen LogP contribution in [0.5, 0.6) is 0 Å². The highest BCUT2D eigenvalue weighted by Crippen LogP contribution is 2.25. The van der Waals surface area contributed by atoms with Crippen molar-refractivity contribution in [1.29, 1.82) is 0 Å². The van der Waals surface area contributed by atoms with Gasteiger partial charge in [0.05, 0.1) is 0 Å². The fourth-order valence-electron chi connectivity index (χ4n) is 4.16. The molecule has 1 N–H and O–H groups in total. The van der Waals surface area contributed by atoms with Crippen LogP contribution in [0.4, 0.5) is 0 Å². The van der Waals surface area contributed by atoms with Crippen molar-refractivity contribution in [3.05, 3.63) is 17.0 Å². The second-order valence-electron chi connectivity index (χ2n) is 7.23. The lowest BCUT2D eigenvalue weighted by molar-refractivity contribution is 0.0266. The monoisotopic (exact) mass is 334 g/mol. The Morgan fingerprint density at radius 3 is 2.67 bits per heavy atom. The van der Waals surface area contributed by atoms with Crippen molar-refractivity contribution in [2.24, 2.45) is 0 Å². The van der Waals surface area contributed by atoms with E-state index in [0.717, 1.165) is 57.5 Å². The maximum absolute atomic E-state index is 13.0. The molecule has 6 nitrogen and oxygen atoms in total. The molecule has 1 aromatic rings. The Morgan fingerprint density at radius 2 is 1.96 bits per heavy atom. The molecule has 6 heteroatoms. The number of carbonyl (C=O) groups is 1. The van der Waals surface area contributed by atoms with Crippen LogP contribution in [0, 0.1) is 0 Å². The summed E-state index contributed by atoms with van der Waals surface area (Å²) in [6.45, 7) is 7.79. The molecule has 0 spiro atoms. The van der Waals surface area contributed by atoms with Crippen LogP contribution in [0.3, 0.4) is 0 Å². The van der Waals surface area contributed by atoms with Gasteiger partial charge in [-0.1, -0.05) is 0 Å². The van der Waals surface area contributed by atoms with Crippen LogP contribution in [-0.4, -0.2) is 71.3 Å². The van der Waals surface area contributed by atoms with E-state index in [-0.39, 0.29) is 5.91 Å². The summed E-state index contributed by atoms with van der Waals surface area (Å²) in [6, 6.07) is 0.730. The third-order valence-electron chi connectivity index (χ3n) is 5.41. The summed E-state index contributed by atoms with van der Waals surface area (Å²) in [6.07, 6.45) is 5.39. The molecule has 2 unspecified atom stereocenters. The number of aromatic nitrogens is 2. The Bertz CT molecular complexity index is 559. The number of fused-ring (bicyclic) bond motifs is 1. The fourth-order valence-corrected chi connectivity index (χ4v) is 4.16. The molecule has 1 aromatic heterocycles. The summed E-state index contributed by atoms with van der Waals surface area (Å²) in [5.41, 5.74) is 3.00. The summed E-state index contributed by atoms with van der Waals surface area (Å²) in [7, 11) is 1.74. The van der Waals surface area contributed by atoms with Crippen molar-refractivity contribution >= 4 is 5.91 Å². The van der Waals surface area contributed by atoms with Gasteiger partial charge in [-0.3, -0.25) is 14.8 Å². The normalized spacial score (nSPS) is 24.9. The van der Waals surface area contributed by atoms with E-state index in [2.05, 4.69) is 28.9 Å². The average Bonchev–Trinajstić information content (AvgIpc) is 3.00. The third-order valence-corrected chi connectivity index (χ3v) is 5.41. The Balaban J connectivity index is 1.66. The van der Waals surface area contributed by atoms with Gasteiger partial charge >= 0.3 is 0 Å². The molecular formula is C18H30N4O2. The van der Waals surface area contributed by atoms with Gasteiger partial charge in [0.25, 0.3) is 5.91 Å². The first-order valence-corrected chi connectivity index (χ1v) is 9.22. The Labute approximate surface area is 144 Å². The zero-order valence-electron chi connectivity index (χ0n) is 15.2. The number of hydrogen-bond acceptors (Lipinski definition) is 4. The van der Waals surface area contributed by atoms with Crippen molar-refractivity contribution in [2.75, 3.05) is 33.4 Å². The first-order chi connectivity index (χ1) is 11.6. The van der Waals surface area contributed by atoms with E-state index in [9.17, 15) is 4.79 Å². The minimum atomic E-state index is 0.102. The molecule has 2 aliphatic rings. The van der Waals surface area contributed by atoms with Gasteiger partial charge in [-0.15, -0.1) is 0 Å². The number of aromatic amines is 1. The van der Waals surface area contributed by atoms with Gasteiger partial charge in [-0.2, -0.15) is 5.10 Å². The number of nitrogens with one attached hydrogen (secondary N) is 1. The molecule has 0 radical (unpaired) electrons. The van der Waals surface area contributed by atoms with Crippen LogP contribution in [-0.2, 0) is 17.6 Å². The zero-order valence-corrected chi connectivity index (χ0v) is 15.2. The van der Waals surface area contributed by atoms with Gasteiger partial charge in [0.15, 0.2) is 5.69 Å². The average molecular weight is 334 g/mol. The predicted molar refractivity (Wildman–Crippen MR) is 93.3 cm³/mol. The van der Waals surface area contributed by atoms with E-state index in [0.29, 0.717) is 17.8 Å². The molecule has 0 saturated carbocycles. The highest BCUT2D eigenvalue weighted by molar-refractivity contribution is 5.94. The molecule has 3 rings (SSSR count). The lowest BCUT2D eigenvalue weighted by atomic mass is 9.95. The van der Waals surface area contributed by atoms with Gasteiger partial charge in [-0.25, -0.2) is 0 Å². The number of rotatable bonds is 5. The predicted octanol–water partition coefficient (Wildman–Crippen LogP) is 1.86. The summed E-state index contributed by atoms with van der Waals surface area (Å²) in [4.78, 5) is 17.5. The van der Waals surface area contributed by atoms with Crippen molar-refractivity contribution in [3.63, 3.8) is 0 Å². The van der Waals surface area contributed by atoms with E-state index >= 15 is 0 Å². The quantitative estimate of drug-likeness (QED) is 0.835. The van der Waals surface area contributed by atoms with Crippen LogP contribution in [0.15, 0.2) is 0 Å². The molecule has 1 fully saturated rings. The number of amides is 1. The maximum atomic E-state index is 13.0. The summed E-state index contributed by atoms with van der Waals surface area (Å²) < 4.78 is 5.16. The molecular weight excluding hydrogens is 304 g/mol. The molecule has 24 heavy (non-hydrogen) atoms. The van der Waals surface area contributed by atoms with Crippen LogP contribution >= 0.6 is 0 Å². The van der Waals surface area contributed by atoms with E-state index in [1.807, 2.05) is 4.90 Å². The van der Waals surface area contributed by atoms with Crippen LogP contribution in [0.2, 0.25) is 0 Å². The van der Waals surface area contributed by atoms with Gasteiger partial charge < -0.3 is 9.64 Å². The first-order valence-electron chi connectivity index (χ1n) is 9.22. The number of carbonyl (C=O) groups excluding carboxylic acids is 1. The minimum Gasteiger partial charge on any atom is -0.385 e. The Hall–Kier alpha value is -1.40.